The van der Waals surface area contributed by atoms with Crippen molar-refractivity contribution in [2.75, 3.05) is 6.61 Å². The average Bonchev–Trinajstić information content (AvgIpc) is 3.23. The largest absolute Gasteiger partial charge is 0.459 e. The van der Waals surface area contributed by atoms with Crippen LogP contribution in [0.4, 0.5) is 0 Å². The SMILES string of the molecule is O=C(OC[C@H]1O[C@@H](NC(=S)N/N=C/c2ccccc2)[C@H](OC(=O)c2ccccc2)[C@@H](OC(=O)c2ccccc2)[C@@H]1OC(=O)c1ccccc1)c1ccccc1. The number of hydrogen-bond donors (Lipinski definition) is 2. The lowest BCUT2D eigenvalue weighted by Gasteiger charge is -2.44. The van der Waals surface area contributed by atoms with Gasteiger partial charge in [0.25, 0.3) is 0 Å². The highest BCUT2D eigenvalue weighted by Gasteiger charge is 2.53. The van der Waals surface area contributed by atoms with Gasteiger partial charge in [-0.2, -0.15) is 5.10 Å². The van der Waals surface area contributed by atoms with E-state index in [2.05, 4.69) is 15.8 Å². The molecule has 2 N–H and O–H groups in total. The van der Waals surface area contributed by atoms with Gasteiger partial charge in [0, 0.05) is 0 Å². The van der Waals surface area contributed by atoms with Crippen molar-refractivity contribution in [3.63, 3.8) is 0 Å². The van der Waals surface area contributed by atoms with Gasteiger partial charge in [-0.3, -0.25) is 5.43 Å². The molecule has 55 heavy (non-hydrogen) atoms. The van der Waals surface area contributed by atoms with Crippen molar-refractivity contribution in [1.82, 2.24) is 10.7 Å². The quantitative estimate of drug-likeness (QED) is 0.0525. The fraction of sp³-hybridized carbons (Fsp3) is 0.143. The molecule has 1 saturated heterocycles. The zero-order valence-corrected chi connectivity index (χ0v) is 30.0. The van der Waals surface area contributed by atoms with Gasteiger partial charge in [-0.1, -0.05) is 103 Å². The van der Waals surface area contributed by atoms with Crippen molar-refractivity contribution < 1.29 is 42.9 Å². The minimum absolute atomic E-state index is 0.0640. The molecule has 12 nitrogen and oxygen atoms in total. The topological polar surface area (TPSA) is 151 Å². The second-order valence-electron chi connectivity index (χ2n) is 12.0. The Morgan fingerprint density at radius 1 is 0.564 bits per heavy atom. The summed E-state index contributed by atoms with van der Waals surface area (Å²) in [6.45, 7) is -0.482. The summed E-state index contributed by atoms with van der Waals surface area (Å²) in [6.07, 6.45) is -5.68. The second-order valence-corrected chi connectivity index (χ2v) is 12.4. The van der Waals surface area contributed by atoms with Crippen LogP contribution in [0, 0.1) is 0 Å². The molecular formula is C42H35N3O9S. The van der Waals surface area contributed by atoms with E-state index in [4.69, 9.17) is 35.9 Å². The molecule has 0 amide bonds. The summed E-state index contributed by atoms with van der Waals surface area (Å²) < 4.78 is 30.3. The molecule has 1 fully saturated rings. The summed E-state index contributed by atoms with van der Waals surface area (Å²) in [5, 5.41) is 7.06. The number of carbonyl (C=O) groups excluding carboxylic acids is 4. The van der Waals surface area contributed by atoms with Crippen LogP contribution in [-0.4, -0.2) is 72.5 Å². The molecule has 0 spiro atoms. The Bertz CT molecular complexity index is 2090. The number of benzene rings is 5. The van der Waals surface area contributed by atoms with Crippen LogP contribution in [0.15, 0.2) is 157 Å². The average molecular weight is 758 g/mol. The lowest BCUT2D eigenvalue weighted by molar-refractivity contribution is -0.232. The zero-order valence-electron chi connectivity index (χ0n) is 29.1. The predicted octanol–water partition coefficient (Wildman–Crippen LogP) is 5.74. The first-order valence-electron chi connectivity index (χ1n) is 17.2. The van der Waals surface area contributed by atoms with Crippen LogP contribution >= 0.6 is 12.2 Å². The molecule has 13 heteroatoms. The van der Waals surface area contributed by atoms with E-state index < -0.39 is 61.1 Å². The summed E-state index contributed by atoms with van der Waals surface area (Å²) in [5.74, 6) is -3.11. The third kappa shape index (κ3) is 10.5. The van der Waals surface area contributed by atoms with Gasteiger partial charge in [0.2, 0.25) is 0 Å². The Balaban J connectivity index is 1.37. The number of nitrogens with zero attached hydrogens (tertiary/aromatic N) is 1. The summed E-state index contributed by atoms with van der Waals surface area (Å²) >= 11 is 5.55. The van der Waals surface area contributed by atoms with E-state index in [1.807, 2.05) is 30.3 Å². The predicted molar refractivity (Wildman–Crippen MR) is 205 cm³/mol. The van der Waals surface area contributed by atoms with E-state index in [-0.39, 0.29) is 27.4 Å². The highest BCUT2D eigenvalue weighted by molar-refractivity contribution is 7.80. The maximum Gasteiger partial charge on any atom is 0.338 e. The number of hydrazone groups is 1. The van der Waals surface area contributed by atoms with Gasteiger partial charge in [0.05, 0.1) is 28.5 Å². The Morgan fingerprint density at radius 3 is 1.44 bits per heavy atom. The third-order valence-electron chi connectivity index (χ3n) is 8.23. The van der Waals surface area contributed by atoms with Gasteiger partial charge in [-0.05, 0) is 66.3 Å². The molecule has 278 valence electrons. The molecule has 5 aromatic rings. The number of ether oxygens (including phenoxy) is 5. The second kappa shape index (κ2) is 18.9. The van der Waals surface area contributed by atoms with Crippen LogP contribution in [0.2, 0.25) is 0 Å². The van der Waals surface area contributed by atoms with E-state index in [1.54, 1.807) is 109 Å². The molecule has 0 aliphatic carbocycles. The van der Waals surface area contributed by atoms with Crippen molar-refractivity contribution in [2.24, 2.45) is 5.10 Å². The van der Waals surface area contributed by atoms with Gasteiger partial charge in [0.15, 0.2) is 29.7 Å². The molecule has 1 aliphatic heterocycles. The minimum atomic E-state index is -1.55. The molecule has 0 bridgehead atoms. The zero-order chi connectivity index (χ0) is 38.4. The highest BCUT2D eigenvalue weighted by Crippen LogP contribution is 2.30. The third-order valence-corrected chi connectivity index (χ3v) is 8.44. The molecule has 0 radical (unpaired) electrons. The van der Waals surface area contributed by atoms with Crippen LogP contribution < -0.4 is 10.7 Å². The number of carbonyl (C=O) groups is 4. The lowest BCUT2D eigenvalue weighted by atomic mass is 9.96. The molecule has 5 atom stereocenters. The van der Waals surface area contributed by atoms with Crippen molar-refractivity contribution in [1.29, 1.82) is 0 Å². The molecular weight excluding hydrogens is 723 g/mol. The molecule has 0 saturated carbocycles. The summed E-state index contributed by atoms with van der Waals surface area (Å²) in [7, 11) is 0. The summed E-state index contributed by atoms with van der Waals surface area (Å²) in [5.41, 5.74) is 4.28. The first-order chi connectivity index (χ1) is 26.9. The molecule has 0 unspecified atom stereocenters. The van der Waals surface area contributed by atoms with Crippen molar-refractivity contribution in [3.8, 4) is 0 Å². The Labute approximate surface area is 322 Å². The maximum atomic E-state index is 13.8. The van der Waals surface area contributed by atoms with Crippen LogP contribution in [0.3, 0.4) is 0 Å². The first-order valence-corrected chi connectivity index (χ1v) is 17.6. The highest BCUT2D eigenvalue weighted by atomic mass is 32.1. The van der Waals surface area contributed by atoms with Crippen LogP contribution in [0.25, 0.3) is 0 Å². The lowest BCUT2D eigenvalue weighted by Crippen LogP contribution is -2.66. The van der Waals surface area contributed by atoms with Crippen molar-refractivity contribution in [2.45, 2.75) is 30.6 Å². The number of esters is 4. The van der Waals surface area contributed by atoms with E-state index >= 15 is 0 Å². The number of rotatable bonds is 12. The molecule has 6 rings (SSSR count). The monoisotopic (exact) mass is 757 g/mol. The summed E-state index contributed by atoms with van der Waals surface area (Å²) in [4.78, 5) is 54.3. The van der Waals surface area contributed by atoms with Crippen molar-refractivity contribution in [3.05, 3.63) is 179 Å². The van der Waals surface area contributed by atoms with E-state index in [0.717, 1.165) is 5.56 Å². The van der Waals surface area contributed by atoms with Gasteiger partial charge in [0.1, 0.15) is 12.7 Å². The molecule has 5 aromatic carbocycles. The van der Waals surface area contributed by atoms with Gasteiger partial charge < -0.3 is 29.0 Å². The first kappa shape index (κ1) is 38.0. The smallest absolute Gasteiger partial charge is 0.338 e. The maximum absolute atomic E-state index is 13.8. The fourth-order valence-corrected chi connectivity index (χ4v) is 5.72. The Hall–Kier alpha value is -6.70. The normalized spacial score (nSPS) is 19.0. The van der Waals surface area contributed by atoms with Crippen LogP contribution in [-0.2, 0) is 23.7 Å². The standard InChI is InChI=1S/C42H35N3O9S/c46-38(29-18-8-2-9-19-29)50-27-33-34(52-39(47)30-20-10-3-11-21-30)35(53-40(48)31-22-12-4-13-23-31)36(54-41(49)32-24-14-5-15-25-32)37(51-33)44-42(55)45-43-26-28-16-6-1-7-17-28/h1-26,33-37H,27H2,(H2,44,45,55)/b43-26+/t33-,34-,35+,36-,37-/m1/s1. The van der Waals surface area contributed by atoms with E-state index in [9.17, 15) is 19.2 Å². The molecule has 0 aromatic heterocycles. The Morgan fingerprint density at radius 2 is 0.964 bits per heavy atom. The number of hydrogen-bond acceptors (Lipinski definition) is 11. The summed E-state index contributed by atoms with van der Waals surface area (Å²) in [6, 6.07) is 41.9. The van der Waals surface area contributed by atoms with Gasteiger partial charge in [-0.25, -0.2) is 19.2 Å². The van der Waals surface area contributed by atoms with Crippen molar-refractivity contribution >= 4 is 47.4 Å². The minimum Gasteiger partial charge on any atom is -0.459 e. The van der Waals surface area contributed by atoms with Gasteiger partial charge in [-0.15, -0.1) is 0 Å². The van der Waals surface area contributed by atoms with Crippen LogP contribution in [0.1, 0.15) is 47.0 Å². The molecule has 1 aliphatic rings. The Kier molecular flexibility index (Phi) is 13.1. The van der Waals surface area contributed by atoms with Gasteiger partial charge >= 0.3 is 23.9 Å². The van der Waals surface area contributed by atoms with Crippen LogP contribution in [0.5, 0.6) is 0 Å². The van der Waals surface area contributed by atoms with E-state index in [0.29, 0.717) is 0 Å². The van der Waals surface area contributed by atoms with E-state index in [1.165, 1.54) is 18.3 Å². The number of thiocarbonyl (C=S) groups is 1. The number of nitrogens with one attached hydrogen (secondary N) is 2. The molecule has 1 heterocycles. The fourth-order valence-electron chi connectivity index (χ4n) is 5.55.